The second-order valence-corrected chi connectivity index (χ2v) is 6.49. The molecule has 0 fully saturated rings. The SMILES string of the molecule is COc1ccc(-c2nnc(SCCCOc3ccc(F)cc3)o2)c(OC)c1. The van der Waals surface area contributed by atoms with Crippen molar-refractivity contribution in [3.05, 3.63) is 48.3 Å². The molecule has 3 rings (SSSR count). The standard InChI is InChI=1S/C19H19FN2O4S/c1-23-15-8-9-16(17(12-15)24-2)18-21-22-19(26-18)27-11-3-10-25-14-6-4-13(20)5-7-14/h4-9,12H,3,10-11H2,1-2H3. The molecule has 27 heavy (non-hydrogen) atoms. The van der Waals surface area contributed by atoms with E-state index in [0.717, 1.165) is 12.2 Å². The van der Waals surface area contributed by atoms with Crippen LogP contribution in [0.2, 0.25) is 0 Å². The number of hydrogen-bond donors (Lipinski definition) is 0. The molecule has 142 valence electrons. The van der Waals surface area contributed by atoms with Crippen molar-refractivity contribution in [3.63, 3.8) is 0 Å². The van der Waals surface area contributed by atoms with Gasteiger partial charge in [-0.05, 0) is 42.8 Å². The molecule has 3 aromatic rings. The van der Waals surface area contributed by atoms with Gasteiger partial charge in [-0.15, -0.1) is 10.2 Å². The first-order valence-corrected chi connectivity index (χ1v) is 9.25. The van der Waals surface area contributed by atoms with Crippen molar-refractivity contribution in [3.8, 4) is 28.7 Å². The first-order chi connectivity index (χ1) is 13.2. The Morgan fingerprint density at radius 2 is 1.78 bits per heavy atom. The first-order valence-electron chi connectivity index (χ1n) is 8.26. The molecule has 0 aliphatic carbocycles. The molecule has 0 aliphatic heterocycles. The molecule has 0 saturated carbocycles. The number of nitrogens with zero attached hydrogens (tertiary/aromatic N) is 2. The van der Waals surface area contributed by atoms with Gasteiger partial charge in [0.2, 0.25) is 0 Å². The minimum Gasteiger partial charge on any atom is -0.497 e. The minimum absolute atomic E-state index is 0.279. The molecule has 1 aromatic heterocycles. The van der Waals surface area contributed by atoms with Crippen LogP contribution in [0, 0.1) is 5.82 Å². The van der Waals surface area contributed by atoms with Crippen LogP contribution in [-0.2, 0) is 0 Å². The summed E-state index contributed by atoms with van der Waals surface area (Å²) in [5.41, 5.74) is 0.706. The van der Waals surface area contributed by atoms with Crippen molar-refractivity contribution in [2.75, 3.05) is 26.6 Å². The number of methoxy groups -OCH3 is 2. The fraction of sp³-hybridized carbons (Fsp3) is 0.263. The van der Waals surface area contributed by atoms with Gasteiger partial charge >= 0.3 is 0 Å². The molecule has 0 atom stereocenters. The van der Waals surface area contributed by atoms with Gasteiger partial charge in [0.05, 0.1) is 26.4 Å². The number of benzene rings is 2. The van der Waals surface area contributed by atoms with E-state index in [1.807, 2.05) is 12.1 Å². The fourth-order valence-corrected chi connectivity index (χ4v) is 2.96. The van der Waals surface area contributed by atoms with Crippen molar-refractivity contribution in [2.45, 2.75) is 11.6 Å². The molecule has 0 unspecified atom stereocenters. The van der Waals surface area contributed by atoms with Crippen LogP contribution in [0.5, 0.6) is 17.2 Å². The van der Waals surface area contributed by atoms with Gasteiger partial charge in [0.15, 0.2) is 0 Å². The summed E-state index contributed by atoms with van der Waals surface area (Å²) >= 11 is 1.45. The molecule has 1 heterocycles. The summed E-state index contributed by atoms with van der Waals surface area (Å²) in [6.07, 6.45) is 0.783. The van der Waals surface area contributed by atoms with Crippen molar-refractivity contribution < 1.29 is 23.0 Å². The molecular formula is C19H19FN2O4S. The number of rotatable bonds is 9. The molecule has 0 N–H and O–H groups in total. The number of ether oxygens (including phenoxy) is 3. The Balaban J connectivity index is 1.50. The lowest BCUT2D eigenvalue weighted by atomic mass is 10.2. The van der Waals surface area contributed by atoms with E-state index in [4.69, 9.17) is 18.6 Å². The Kier molecular flexibility index (Phi) is 6.54. The van der Waals surface area contributed by atoms with Crippen LogP contribution in [0.3, 0.4) is 0 Å². The lowest BCUT2D eigenvalue weighted by Gasteiger charge is -2.07. The maximum absolute atomic E-state index is 12.8. The third-order valence-corrected chi connectivity index (χ3v) is 4.55. The highest BCUT2D eigenvalue weighted by molar-refractivity contribution is 7.99. The molecule has 0 amide bonds. The van der Waals surface area contributed by atoms with Gasteiger partial charge in [0.1, 0.15) is 23.1 Å². The molecule has 0 spiro atoms. The number of halogens is 1. The number of aromatic nitrogens is 2. The van der Waals surface area contributed by atoms with E-state index in [9.17, 15) is 4.39 Å². The van der Waals surface area contributed by atoms with E-state index in [1.54, 1.807) is 32.4 Å². The molecule has 0 saturated heterocycles. The van der Waals surface area contributed by atoms with Crippen molar-refractivity contribution >= 4 is 11.8 Å². The second kappa shape index (κ2) is 9.27. The van der Waals surface area contributed by atoms with Crippen molar-refractivity contribution in [2.24, 2.45) is 0 Å². The monoisotopic (exact) mass is 390 g/mol. The molecule has 8 heteroatoms. The lowest BCUT2D eigenvalue weighted by molar-refractivity contribution is 0.318. The van der Waals surface area contributed by atoms with Gasteiger partial charge in [-0.3, -0.25) is 0 Å². The van der Waals surface area contributed by atoms with Crippen LogP contribution in [0.15, 0.2) is 52.1 Å². The molecular weight excluding hydrogens is 371 g/mol. The van der Waals surface area contributed by atoms with Crippen LogP contribution in [0.25, 0.3) is 11.5 Å². The lowest BCUT2D eigenvalue weighted by Crippen LogP contribution is -1.98. The molecule has 0 radical (unpaired) electrons. The highest BCUT2D eigenvalue weighted by Crippen LogP contribution is 2.33. The van der Waals surface area contributed by atoms with Gasteiger partial charge < -0.3 is 18.6 Å². The average Bonchev–Trinajstić information content (AvgIpc) is 3.17. The topological polar surface area (TPSA) is 66.6 Å². The fourth-order valence-electron chi connectivity index (χ4n) is 2.29. The smallest absolute Gasteiger partial charge is 0.276 e. The molecule has 0 aliphatic rings. The predicted octanol–water partition coefficient (Wildman–Crippen LogP) is 4.45. The summed E-state index contributed by atoms with van der Waals surface area (Å²) in [5.74, 6) is 2.79. The molecule has 2 aromatic carbocycles. The number of hydrogen-bond acceptors (Lipinski definition) is 7. The summed E-state index contributed by atoms with van der Waals surface area (Å²) in [6, 6.07) is 11.3. The Bertz CT molecular complexity index is 870. The zero-order valence-electron chi connectivity index (χ0n) is 15.0. The third-order valence-electron chi connectivity index (χ3n) is 3.64. The van der Waals surface area contributed by atoms with Crippen LogP contribution < -0.4 is 14.2 Å². The Labute approximate surface area is 160 Å². The van der Waals surface area contributed by atoms with Gasteiger partial charge in [-0.2, -0.15) is 0 Å². The van der Waals surface area contributed by atoms with Crippen LogP contribution in [0.4, 0.5) is 4.39 Å². The summed E-state index contributed by atoms with van der Waals surface area (Å²) in [4.78, 5) is 0. The van der Waals surface area contributed by atoms with E-state index in [2.05, 4.69) is 10.2 Å². The second-order valence-electron chi connectivity index (χ2n) is 5.44. The zero-order valence-corrected chi connectivity index (χ0v) is 15.8. The van der Waals surface area contributed by atoms with Crippen LogP contribution >= 0.6 is 11.8 Å². The van der Waals surface area contributed by atoms with Gasteiger partial charge in [-0.25, -0.2) is 4.39 Å². The predicted molar refractivity (Wildman–Crippen MR) is 100 cm³/mol. The van der Waals surface area contributed by atoms with Crippen molar-refractivity contribution in [1.29, 1.82) is 0 Å². The molecule has 6 nitrogen and oxygen atoms in total. The molecule has 0 bridgehead atoms. The maximum Gasteiger partial charge on any atom is 0.276 e. The Morgan fingerprint density at radius 3 is 2.52 bits per heavy atom. The Morgan fingerprint density at radius 1 is 1.00 bits per heavy atom. The van der Waals surface area contributed by atoms with E-state index in [0.29, 0.717) is 40.5 Å². The maximum atomic E-state index is 12.8. The highest BCUT2D eigenvalue weighted by Gasteiger charge is 2.14. The van der Waals surface area contributed by atoms with E-state index in [1.165, 1.54) is 23.9 Å². The third kappa shape index (κ3) is 5.13. The van der Waals surface area contributed by atoms with Crippen LogP contribution in [0.1, 0.15) is 6.42 Å². The van der Waals surface area contributed by atoms with Gasteiger partial charge in [0, 0.05) is 11.8 Å². The highest BCUT2D eigenvalue weighted by atomic mass is 32.2. The van der Waals surface area contributed by atoms with E-state index < -0.39 is 0 Å². The Hall–Kier alpha value is -2.74. The normalized spacial score (nSPS) is 10.6. The summed E-state index contributed by atoms with van der Waals surface area (Å²) in [7, 11) is 3.17. The summed E-state index contributed by atoms with van der Waals surface area (Å²) in [5, 5.41) is 8.61. The van der Waals surface area contributed by atoms with Crippen LogP contribution in [-0.4, -0.2) is 36.8 Å². The quantitative estimate of drug-likeness (QED) is 0.395. The summed E-state index contributed by atoms with van der Waals surface area (Å²) in [6.45, 7) is 0.520. The van der Waals surface area contributed by atoms with E-state index in [-0.39, 0.29) is 5.82 Å². The summed E-state index contributed by atoms with van der Waals surface area (Å²) < 4.78 is 34.6. The number of thioether (sulfide) groups is 1. The van der Waals surface area contributed by atoms with Gasteiger partial charge in [0.25, 0.3) is 11.1 Å². The largest absolute Gasteiger partial charge is 0.497 e. The minimum atomic E-state index is -0.279. The first kappa shape index (κ1) is 19.0. The van der Waals surface area contributed by atoms with Crippen molar-refractivity contribution in [1.82, 2.24) is 10.2 Å². The average molecular weight is 390 g/mol. The van der Waals surface area contributed by atoms with Gasteiger partial charge in [-0.1, -0.05) is 11.8 Å². The zero-order chi connectivity index (χ0) is 19.1. The van der Waals surface area contributed by atoms with E-state index >= 15 is 0 Å².